The molecule has 0 radical (unpaired) electrons. The molecule has 0 spiro atoms. The van der Waals surface area contributed by atoms with Crippen molar-refractivity contribution in [2.45, 2.75) is 12.8 Å². The first kappa shape index (κ1) is 11.0. The molecule has 3 nitrogen and oxygen atoms in total. The van der Waals surface area contributed by atoms with E-state index in [9.17, 15) is 13.2 Å². The van der Waals surface area contributed by atoms with Gasteiger partial charge in [0.15, 0.2) is 0 Å². The molecule has 1 heterocycles. The molecular weight excluding hydrogens is 207 g/mol. The van der Waals surface area contributed by atoms with Gasteiger partial charge in [0.05, 0.1) is 23.6 Å². The summed E-state index contributed by atoms with van der Waals surface area (Å²) < 4.78 is 37.8. The Labute approximate surface area is 83.4 Å². The van der Waals surface area contributed by atoms with Crippen LogP contribution >= 0.6 is 0 Å². The van der Waals surface area contributed by atoms with E-state index in [0.29, 0.717) is 0 Å². The monoisotopic (exact) mass is 211 g/mol. The van der Waals surface area contributed by atoms with E-state index in [1.165, 1.54) is 0 Å². The summed E-state index contributed by atoms with van der Waals surface area (Å²) in [5, 5.41) is 17.0. The molecule has 0 aliphatic carbocycles. The SMILES string of the molecule is N#CCc1c(C#N)cnc(F)c1C(F)F. The third kappa shape index (κ3) is 2.05. The van der Waals surface area contributed by atoms with Gasteiger partial charge in [-0.25, -0.2) is 13.8 Å². The lowest BCUT2D eigenvalue weighted by Crippen LogP contribution is -2.04. The van der Waals surface area contributed by atoms with E-state index in [4.69, 9.17) is 10.5 Å². The molecule has 1 rings (SSSR count). The lowest BCUT2D eigenvalue weighted by molar-refractivity contribution is 0.144. The third-order valence-electron chi connectivity index (χ3n) is 1.77. The zero-order valence-corrected chi connectivity index (χ0v) is 7.34. The minimum absolute atomic E-state index is 0.201. The van der Waals surface area contributed by atoms with Crippen LogP contribution in [0, 0.1) is 28.6 Å². The summed E-state index contributed by atoms with van der Waals surface area (Å²) in [6.07, 6.45) is -2.69. The van der Waals surface area contributed by atoms with Crippen LogP contribution in [0.2, 0.25) is 0 Å². The molecule has 0 aliphatic rings. The zero-order chi connectivity index (χ0) is 11.4. The normalized spacial score (nSPS) is 9.73. The average Bonchev–Trinajstić information content (AvgIpc) is 2.18. The zero-order valence-electron chi connectivity index (χ0n) is 7.34. The van der Waals surface area contributed by atoms with Crippen molar-refractivity contribution in [2.75, 3.05) is 0 Å². The van der Waals surface area contributed by atoms with Crippen molar-refractivity contribution in [3.63, 3.8) is 0 Å². The highest BCUT2D eigenvalue weighted by molar-refractivity contribution is 5.42. The first-order valence-electron chi connectivity index (χ1n) is 3.84. The molecule has 0 N–H and O–H groups in total. The van der Waals surface area contributed by atoms with E-state index in [1.807, 2.05) is 0 Å². The van der Waals surface area contributed by atoms with Gasteiger partial charge in [-0.1, -0.05) is 0 Å². The van der Waals surface area contributed by atoms with Crippen molar-refractivity contribution in [3.05, 3.63) is 28.8 Å². The molecule has 1 aromatic rings. The molecule has 0 aromatic carbocycles. The molecule has 0 amide bonds. The summed E-state index contributed by atoms with van der Waals surface area (Å²) in [7, 11) is 0. The van der Waals surface area contributed by atoms with Crippen LogP contribution in [0.25, 0.3) is 0 Å². The molecule has 0 atom stereocenters. The van der Waals surface area contributed by atoms with E-state index in [1.54, 1.807) is 12.1 Å². The summed E-state index contributed by atoms with van der Waals surface area (Å²) in [5.41, 5.74) is -1.45. The van der Waals surface area contributed by atoms with Crippen molar-refractivity contribution in [2.24, 2.45) is 0 Å². The molecule has 6 heteroatoms. The van der Waals surface area contributed by atoms with Crippen LogP contribution in [0.1, 0.15) is 23.1 Å². The number of halogens is 3. The maximum Gasteiger partial charge on any atom is 0.268 e. The first-order chi connectivity index (χ1) is 7.11. The number of nitrogens with zero attached hydrogens (tertiary/aromatic N) is 3. The van der Waals surface area contributed by atoms with E-state index in [0.717, 1.165) is 6.20 Å². The van der Waals surface area contributed by atoms with Gasteiger partial charge in [0.1, 0.15) is 6.07 Å². The Morgan fingerprint density at radius 3 is 2.53 bits per heavy atom. The highest BCUT2D eigenvalue weighted by Crippen LogP contribution is 2.27. The lowest BCUT2D eigenvalue weighted by Gasteiger charge is -2.07. The summed E-state index contributed by atoms with van der Waals surface area (Å²) in [6, 6.07) is 3.19. The number of alkyl halides is 2. The number of hydrogen-bond donors (Lipinski definition) is 0. The summed E-state index contributed by atoms with van der Waals surface area (Å²) in [4.78, 5) is 3.04. The van der Waals surface area contributed by atoms with Gasteiger partial charge in [0.25, 0.3) is 6.43 Å². The van der Waals surface area contributed by atoms with E-state index in [2.05, 4.69) is 4.98 Å². The van der Waals surface area contributed by atoms with Crippen LogP contribution in [-0.2, 0) is 6.42 Å². The van der Waals surface area contributed by atoms with Gasteiger partial charge in [0.2, 0.25) is 5.95 Å². The Morgan fingerprint density at radius 1 is 1.40 bits per heavy atom. The van der Waals surface area contributed by atoms with E-state index < -0.39 is 24.4 Å². The second-order valence-corrected chi connectivity index (χ2v) is 2.60. The molecule has 0 aliphatic heterocycles. The standard InChI is InChI=1S/C9H4F3N3/c10-8(11)7-6(1-2-13)5(3-14)4-15-9(7)12/h4,8H,1H2. The fraction of sp³-hybridized carbons (Fsp3) is 0.222. The van der Waals surface area contributed by atoms with Gasteiger partial charge in [-0.3, -0.25) is 0 Å². The van der Waals surface area contributed by atoms with Crippen LogP contribution in [0.15, 0.2) is 6.20 Å². The summed E-state index contributed by atoms with van der Waals surface area (Å²) in [5.74, 6) is -1.34. The topological polar surface area (TPSA) is 60.5 Å². The van der Waals surface area contributed by atoms with Crippen LogP contribution in [0.3, 0.4) is 0 Å². The number of nitriles is 2. The summed E-state index contributed by atoms with van der Waals surface area (Å²) in [6.45, 7) is 0. The Bertz CT molecular complexity index is 457. The van der Waals surface area contributed by atoms with Gasteiger partial charge in [-0.2, -0.15) is 14.9 Å². The van der Waals surface area contributed by atoms with Crippen molar-refractivity contribution in [1.82, 2.24) is 4.98 Å². The second-order valence-electron chi connectivity index (χ2n) is 2.60. The maximum atomic E-state index is 12.9. The van der Waals surface area contributed by atoms with Crippen molar-refractivity contribution in [3.8, 4) is 12.1 Å². The minimum Gasteiger partial charge on any atom is -0.226 e. The van der Waals surface area contributed by atoms with Gasteiger partial charge >= 0.3 is 0 Å². The Hall–Kier alpha value is -2.08. The lowest BCUT2D eigenvalue weighted by atomic mass is 10.0. The Morgan fingerprint density at radius 2 is 2.07 bits per heavy atom. The van der Waals surface area contributed by atoms with Gasteiger partial charge in [-0.15, -0.1) is 0 Å². The number of hydrogen-bond acceptors (Lipinski definition) is 3. The highest BCUT2D eigenvalue weighted by Gasteiger charge is 2.22. The predicted octanol–water partition coefficient (Wildman–Crippen LogP) is 2.10. The molecule has 1 aromatic heterocycles. The third-order valence-corrected chi connectivity index (χ3v) is 1.77. The van der Waals surface area contributed by atoms with Crippen molar-refractivity contribution >= 4 is 0 Å². The minimum atomic E-state index is -3.09. The molecule has 0 saturated carbocycles. The van der Waals surface area contributed by atoms with Crippen molar-refractivity contribution in [1.29, 1.82) is 10.5 Å². The first-order valence-corrected chi connectivity index (χ1v) is 3.84. The maximum absolute atomic E-state index is 12.9. The van der Waals surface area contributed by atoms with Gasteiger partial charge < -0.3 is 0 Å². The summed E-state index contributed by atoms with van der Waals surface area (Å²) >= 11 is 0. The highest BCUT2D eigenvalue weighted by atomic mass is 19.3. The van der Waals surface area contributed by atoms with Crippen LogP contribution in [0.4, 0.5) is 13.2 Å². The number of pyridine rings is 1. The number of aromatic nitrogens is 1. The second kappa shape index (κ2) is 4.43. The molecule has 0 fully saturated rings. The number of rotatable bonds is 2. The molecule has 0 unspecified atom stereocenters. The Kier molecular flexibility index (Phi) is 3.25. The fourth-order valence-electron chi connectivity index (χ4n) is 1.13. The van der Waals surface area contributed by atoms with E-state index >= 15 is 0 Å². The smallest absolute Gasteiger partial charge is 0.226 e. The van der Waals surface area contributed by atoms with E-state index in [-0.39, 0.29) is 11.1 Å². The molecular formula is C9H4F3N3. The van der Waals surface area contributed by atoms with Crippen LogP contribution in [-0.4, -0.2) is 4.98 Å². The largest absolute Gasteiger partial charge is 0.268 e. The molecule has 15 heavy (non-hydrogen) atoms. The van der Waals surface area contributed by atoms with Crippen molar-refractivity contribution < 1.29 is 13.2 Å². The Balaban J connectivity index is 3.47. The molecule has 0 saturated heterocycles. The molecule has 0 bridgehead atoms. The average molecular weight is 211 g/mol. The van der Waals surface area contributed by atoms with Gasteiger partial charge in [-0.05, 0) is 5.56 Å². The quantitative estimate of drug-likeness (QED) is 0.703. The molecule has 76 valence electrons. The predicted molar refractivity (Wildman–Crippen MR) is 43.2 cm³/mol. The van der Waals surface area contributed by atoms with Gasteiger partial charge in [0, 0.05) is 6.20 Å². The van der Waals surface area contributed by atoms with Crippen LogP contribution in [0.5, 0.6) is 0 Å². The fourth-order valence-corrected chi connectivity index (χ4v) is 1.13. The van der Waals surface area contributed by atoms with Crippen LogP contribution < -0.4 is 0 Å².